The molecule has 4 rings (SSSR count). The van der Waals surface area contributed by atoms with Crippen molar-refractivity contribution in [2.24, 2.45) is 11.5 Å². The molecule has 1 aromatic heterocycles. The molecule has 0 amide bonds. The van der Waals surface area contributed by atoms with Gasteiger partial charge in [0.15, 0.2) is 0 Å². The lowest BCUT2D eigenvalue weighted by Gasteiger charge is -2.21. The number of nitrogens with zero attached hydrogens (tertiary/aromatic N) is 3. The summed E-state index contributed by atoms with van der Waals surface area (Å²) in [5, 5.41) is 3.55. The number of fused-ring (bicyclic) bond motifs is 1. The van der Waals surface area contributed by atoms with Gasteiger partial charge in [-0.15, -0.1) is 0 Å². The Kier molecular flexibility index (Phi) is 7.40. The van der Waals surface area contributed by atoms with E-state index in [0.29, 0.717) is 13.1 Å². The third-order valence-electron chi connectivity index (χ3n) is 5.42. The lowest BCUT2D eigenvalue weighted by atomic mass is 10.0. The SMILES string of the molecule is NCCN(CCN)CCNc1cccc2nc(-c3ccccc3)c(-c3ccccc3)nc12. The number of hydrogen-bond donors (Lipinski definition) is 3. The van der Waals surface area contributed by atoms with Crippen molar-refractivity contribution in [1.29, 1.82) is 0 Å². The first-order valence-corrected chi connectivity index (χ1v) is 11.1. The molecule has 3 aromatic carbocycles. The van der Waals surface area contributed by atoms with Crippen LogP contribution in [0.1, 0.15) is 0 Å². The lowest BCUT2D eigenvalue weighted by molar-refractivity contribution is 0.300. The second-order valence-electron chi connectivity index (χ2n) is 7.67. The Morgan fingerprint density at radius 2 is 1.25 bits per heavy atom. The standard InChI is InChI=1S/C26H30N6/c27-14-17-32(18-15-28)19-16-29-22-12-7-13-23-26(22)31-25(21-10-5-2-6-11-21)24(30-23)20-8-3-1-4-9-20/h1-13,29H,14-19,27-28H2. The average Bonchev–Trinajstić information content (AvgIpc) is 2.85. The zero-order valence-corrected chi connectivity index (χ0v) is 18.2. The minimum Gasteiger partial charge on any atom is -0.382 e. The van der Waals surface area contributed by atoms with E-state index in [9.17, 15) is 0 Å². The maximum Gasteiger partial charge on any atom is 0.113 e. The monoisotopic (exact) mass is 426 g/mol. The molecule has 1 heterocycles. The Morgan fingerprint density at radius 3 is 1.84 bits per heavy atom. The van der Waals surface area contributed by atoms with Crippen LogP contribution in [-0.4, -0.2) is 54.1 Å². The van der Waals surface area contributed by atoms with Crippen LogP contribution in [0.15, 0.2) is 78.9 Å². The maximum absolute atomic E-state index is 5.73. The highest BCUT2D eigenvalue weighted by Crippen LogP contribution is 2.32. The summed E-state index contributed by atoms with van der Waals surface area (Å²) in [7, 11) is 0. The van der Waals surface area contributed by atoms with E-state index >= 15 is 0 Å². The van der Waals surface area contributed by atoms with Crippen LogP contribution >= 0.6 is 0 Å². The van der Waals surface area contributed by atoms with Crippen LogP contribution in [0.25, 0.3) is 33.5 Å². The fourth-order valence-corrected chi connectivity index (χ4v) is 3.86. The van der Waals surface area contributed by atoms with Crippen molar-refractivity contribution in [3.05, 3.63) is 78.9 Å². The van der Waals surface area contributed by atoms with Crippen LogP contribution in [0.3, 0.4) is 0 Å². The van der Waals surface area contributed by atoms with Gasteiger partial charge in [0, 0.05) is 50.4 Å². The van der Waals surface area contributed by atoms with E-state index < -0.39 is 0 Å². The summed E-state index contributed by atoms with van der Waals surface area (Å²) in [4.78, 5) is 12.4. The molecular weight excluding hydrogens is 396 g/mol. The molecule has 0 unspecified atom stereocenters. The first-order valence-electron chi connectivity index (χ1n) is 11.1. The molecule has 4 aromatic rings. The molecule has 0 spiro atoms. The number of aromatic nitrogens is 2. The molecule has 0 saturated carbocycles. The van der Waals surface area contributed by atoms with E-state index in [2.05, 4.69) is 40.5 Å². The Morgan fingerprint density at radius 1 is 0.656 bits per heavy atom. The van der Waals surface area contributed by atoms with Crippen LogP contribution in [-0.2, 0) is 0 Å². The van der Waals surface area contributed by atoms with Crippen molar-refractivity contribution >= 4 is 16.7 Å². The summed E-state index contributed by atoms with van der Waals surface area (Å²) in [5.74, 6) is 0. The van der Waals surface area contributed by atoms with Gasteiger partial charge in [0.2, 0.25) is 0 Å². The fourth-order valence-electron chi connectivity index (χ4n) is 3.86. The van der Waals surface area contributed by atoms with Gasteiger partial charge >= 0.3 is 0 Å². The van der Waals surface area contributed by atoms with Gasteiger partial charge in [0.05, 0.1) is 22.6 Å². The number of hydrogen-bond acceptors (Lipinski definition) is 6. The molecule has 5 N–H and O–H groups in total. The molecule has 0 aliphatic rings. The Labute approximate surface area is 189 Å². The summed E-state index contributed by atoms with van der Waals surface area (Å²) in [6.07, 6.45) is 0. The first kappa shape index (κ1) is 21.9. The molecular formula is C26H30N6. The van der Waals surface area contributed by atoms with Crippen molar-refractivity contribution in [2.75, 3.05) is 44.6 Å². The van der Waals surface area contributed by atoms with Gasteiger partial charge < -0.3 is 16.8 Å². The number of nitrogens with one attached hydrogen (secondary N) is 1. The summed E-state index contributed by atoms with van der Waals surface area (Å²) in [5.41, 5.74) is 18.1. The van der Waals surface area contributed by atoms with Gasteiger partial charge in [0.1, 0.15) is 5.52 Å². The molecule has 0 bridgehead atoms. The molecule has 0 fully saturated rings. The largest absolute Gasteiger partial charge is 0.382 e. The highest BCUT2D eigenvalue weighted by atomic mass is 15.1. The highest BCUT2D eigenvalue weighted by molar-refractivity contribution is 5.93. The lowest BCUT2D eigenvalue weighted by Crippen LogP contribution is -2.37. The van der Waals surface area contributed by atoms with Gasteiger partial charge in [-0.3, -0.25) is 4.90 Å². The van der Waals surface area contributed by atoms with Gasteiger partial charge in [-0.1, -0.05) is 66.7 Å². The number of nitrogens with two attached hydrogens (primary N) is 2. The number of benzene rings is 3. The summed E-state index contributed by atoms with van der Waals surface area (Å²) < 4.78 is 0. The molecule has 0 aliphatic carbocycles. The minimum atomic E-state index is 0.627. The van der Waals surface area contributed by atoms with E-state index in [1.165, 1.54) is 0 Å². The topological polar surface area (TPSA) is 93.1 Å². The van der Waals surface area contributed by atoms with E-state index in [1.807, 2.05) is 48.5 Å². The van der Waals surface area contributed by atoms with Gasteiger partial charge in [0.25, 0.3) is 0 Å². The predicted octanol–water partition coefficient (Wildman–Crippen LogP) is 3.60. The normalized spacial score (nSPS) is 11.2. The number of para-hydroxylation sites is 1. The molecule has 0 radical (unpaired) electrons. The molecule has 0 saturated heterocycles. The first-order chi connectivity index (χ1) is 15.8. The van der Waals surface area contributed by atoms with Crippen molar-refractivity contribution in [3.63, 3.8) is 0 Å². The highest BCUT2D eigenvalue weighted by Gasteiger charge is 2.15. The van der Waals surface area contributed by atoms with Gasteiger partial charge in [-0.25, -0.2) is 9.97 Å². The van der Waals surface area contributed by atoms with E-state index in [4.69, 9.17) is 21.4 Å². The third-order valence-corrected chi connectivity index (χ3v) is 5.42. The zero-order chi connectivity index (χ0) is 22.2. The van der Waals surface area contributed by atoms with Crippen LogP contribution in [0.4, 0.5) is 5.69 Å². The van der Waals surface area contributed by atoms with Crippen LogP contribution < -0.4 is 16.8 Å². The van der Waals surface area contributed by atoms with E-state index in [1.54, 1.807) is 0 Å². The van der Waals surface area contributed by atoms with Gasteiger partial charge in [-0.05, 0) is 12.1 Å². The zero-order valence-electron chi connectivity index (χ0n) is 18.2. The van der Waals surface area contributed by atoms with Crippen LogP contribution in [0.5, 0.6) is 0 Å². The number of anilines is 1. The van der Waals surface area contributed by atoms with E-state index in [0.717, 1.165) is 65.4 Å². The van der Waals surface area contributed by atoms with E-state index in [-0.39, 0.29) is 0 Å². The Hall–Kier alpha value is -3.32. The molecule has 0 aliphatic heterocycles. The second-order valence-corrected chi connectivity index (χ2v) is 7.67. The maximum atomic E-state index is 5.73. The van der Waals surface area contributed by atoms with Crippen molar-refractivity contribution < 1.29 is 0 Å². The molecule has 164 valence electrons. The number of rotatable bonds is 10. The van der Waals surface area contributed by atoms with Gasteiger partial charge in [-0.2, -0.15) is 0 Å². The Balaban J connectivity index is 1.70. The molecule has 6 heteroatoms. The van der Waals surface area contributed by atoms with Crippen molar-refractivity contribution in [2.45, 2.75) is 0 Å². The molecule has 0 atom stereocenters. The third kappa shape index (κ3) is 5.11. The quantitative estimate of drug-likeness (QED) is 0.359. The van der Waals surface area contributed by atoms with Crippen LogP contribution in [0, 0.1) is 0 Å². The van der Waals surface area contributed by atoms with Crippen molar-refractivity contribution in [1.82, 2.24) is 14.9 Å². The molecule has 32 heavy (non-hydrogen) atoms. The predicted molar refractivity (Wildman–Crippen MR) is 133 cm³/mol. The second kappa shape index (κ2) is 10.8. The van der Waals surface area contributed by atoms with Crippen molar-refractivity contribution in [3.8, 4) is 22.5 Å². The average molecular weight is 427 g/mol. The molecule has 6 nitrogen and oxygen atoms in total. The smallest absolute Gasteiger partial charge is 0.113 e. The summed E-state index contributed by atoms with van der Waals surface area (Å²) in [6, 6.07) is 26.6. The fraction of sp³-hybridized carbons (Fsp3) is 0.231. The van der Waals surface area contributed by atoms with Crippen LogP contribution in [0.2, 0.25) is 0 Å². The summed E-state index contributed by atoms with van der Waals surface area (Å²) >= 11 is 0. The minimum absolute atomic E-state index is 0.627. The summed E-state index contributed by atoms with van der Waals surface area (Å²) in [6.45, 7) is 4.58. The Bertz CT molecular complexity index is 1130.